The summed E-state index contributed by atoms with van der Waals surface area (Å²) in [7, 11) is 0. The Morgan fingerprint density at radius 2 is 1.93 bits per heavy atom. The molecule has 0 bridgehead atoms. The summed E-state index contributed by atoms with van der Waals surface area (Å²) in [6, 6.07) is 4.02. The van der Waals surface area contributed by atoms with E-state index in [0.717, 1.165) is 32.5 Å². The predicted octanol–water partition coefficient (Wildman–Crippen LogP) is 1.05. The number of carbonyl (C=O) groups is 2. The van der Waals surface area contributed by atoms with Gasteiger partial charge in [-0.1, -0.05) is 0 Å². The number of carbonyl (C=O) groups excluding carboxylic acids is 2. The Morgan fingerprint density at radius 1 is 1.15 bits per heavy atom. The quantitative estimate of drug-likeness (QED) is 0.856. The zero-order valence-electron chi connectivity index (χ0n) is 15.9. The number of hydrogen-bond donors (Lipinski definition) is 1. The lowest BCUT2D eigenvalue weighted by Gasteiger charge is -2.30. The lowest BCUT2D eigenvalue weighted by atomic mass is 9.97. The van der Waals surface area contributed by atoms with Crippen molar-refractivity contribution in [1.82, 2.24) is 20.1 Å². The van der Waals surface area contributed by atoms with Gasteiger partial charge in [0.15, 0.2) is 0 Å². The molecular weight excluding hydrogens is 344 g/mol. The second kappa shape index (κ2) is 10.4. The maximum Gasteiger partial charge on any atom is 0.225 e. The number of aromatic nitrogens is 1. The molecule has 0 radical (unpaired) electrons. The fraction of sp³-hybridized carbons (Fsp3) is 0.650. The van der Waals surface area contributed by atoms with Crippen molar-refractivity contribution >= 4 is 11.8 Å². The Balaban J connectivity index is 1.60. The lowest BCUT2D eigenvalue weighted by molar-refractivity contribution is -0.140. The zero-order chi connectivity index (χ0) is 18.9. The average Bonchev–Trinajstić information content (AvgIpc) is 2.75. The fourth-order valence-electron chi connectivity index (χ4n) is 3.74. The number of morpholine rings is 1. The number of hydrogen-bond acceptors (Lipinski definition) is 5. The Kier molecular flexibility index (Phi) is 7.59. The topological polar surface area (TPSA) is 74.8 Å². The van der Waals surface area contributed by atoms with Crippen molar-refractivity contribution in [2.45, 2.75) is 32.2 Å². The molecule has 0 spiro atoms. The molecule has 2 fully saturated rings. The zero-order valence-corrected chi connectivity index (χ0v) is 15.9. The average molecular weight is 374 g/mol. The van der Waals surface area contributed by atoms with E-state index in [1.165, 1.54) is 5.56 Å². The number of ether oxygens (including phenoxy) is 1. The van der Waals surface area contributed by atoms with Crippen LogP contribution in [0.4, 0.5) is 0 Å². The molecule has 7 nitrogen and oxygen atoms in total. The lowest BCUT2D eigenvalue weighted by Crippen LogP contribution is -2.44. The highest BCUT2D eigenvalue weighted by atomic mass is 16.5. The molecule has 1 aromatic rings. The van der Waals surface area contributed by atoms with Crippen LogP contribution in [0.15, 0.2) is 24.5 Å². The molecule has 1 N–H and O–H groups in total. The Bertz CT molecular complexity index is 605. The highest BCUT2D eigenvalue weighted by Crippen LogP contribution is 2.18. The van der Waals surface area contributed by atoms with Gasteiger partial charge in [0.05, 0.1) is 13.2 Å². The van der Waals surface area contributed by atoms with Gasteiger partial charge in [0.25, 0.3) is 0 Å². The van der Waals surface area contributed by atoms with Crippen LogP contribution in [-0.4, -0.2) is 72.5 Å². The summed E-state index contributed by atoms with van der Waals surface area (Å²) in [5.41, 5.74) is 1.20. The third-order valence-electron chi connectivity index (χ3n) is 5.32. The van der Waals surface area contributed by atoms with Crippen LogP contribution in [0.3, 0.4) is 0 Å². The number of nitrogens with zero attached hydrogens (tertiary/aromatic N) is 3. The first-order valence-corrected chi connectivity index (χ1v) is 9.97. The van der Waals surface area contributed by atoms with E-state index in [-0.39, 0.29) is 17.7 Å². The van der Waals surface area contributed by atoms with Crippen LogP contribution in [0.1, 0.15) is 31.2 Å². The number of amides is 2. The van der Waals surface area contributed by atoms with Gasteiger partial charge >= 0.3 is 0 Å². The Hall–Kier alpha value is -1.99. The first kappa shape index (κ1) is 19.8. The minimum absolute atomic E-state index is 0.0238. The smallest absolute Gasteiger partial charge is 0.225 e. The summed E-state index contributed by atoms with van der Waals surface area (Å²) in [5, 5.41) is 2.98. The number of rotatable bonds is 3. The van der Waals surface area contributed by atoms with E-state index in [0.29, 0.717) is 45.7 Å². The summed E-state index contributed by atoms with van der Waals surface area (Å²) in [4.78, 5) is 33.3. The molecule has 1 atom stereocenters. The standard InChI is InChI=1S/C20H30N4O3/c25-19-6-11-23(16-17-3-7-21-8-4-17)10-1-2-18(5-9-22-19)20(26)24-12-14-27-15-13-24/h3-4,7-8,18H,1-2,5-6,9-16H2,(H,22,25). The molecule has 0 aliphatic carbocycles. The number of pyridine rings is 1. The van der Waals surface area contributed by atoms with Gasteiger partial charge in [-0.25, -0.2) is 0 Å². The van der Waals surface area contributed by atoms with Crippen LogP contribution in [0, 0.1) is 5.92 Å². The van der Waals surface area contributed by atoms with E-state index in [1.54, 1.807) is 12.4 Å². The molecular formula is C20H30N4O3. The summed E-state index contributed by atoms with van der Waals surface area (Å²) in [6.07, 6.45) is 6.62. The summed E-state index contributed by atoms with van der Waals surface area (Å²) >= 11 is 0. The van der Waals surface area contributed by atoms with Gasteiger partial charge in [0.1, 0.15) is 0 Å². The maximum absolute atomic E-state index is 12.9. The van der Waals surface area contributed by atoms with Gasteiger partial charge in [-0.05, 0) is 43.5 Å². The van der Waals surface area contributed by atoms with Gasteiger partial charge < -0.3 is 15.0 Å². The van der Waals surface area contributed by atoms with Gasteiger partial charge in [-0.3, -0.25) is 19.5 Å². The van der Waals surface area contributed by atoms with Crippen molar-refractivity contribution in [3.05, 3.63) is 30.1 Å². The first-order valence-electron chi connectivity index (χ1n) is 9.97. The highest BCUT2D eigenvalue weighted by Gasteiger charge is 2.26. The van der Waals surface area contributed by atoms with Crippen molar-refractivity contribution in [1.29, 1.82) is 0 Å². The maximum atomic E-state index is 12.9. The first-order chi connectivity index (χ1) is 13.2. The largest absolute Gasteiger partial charge is 0.378 e. The van der Waals surface area contributed by atoms with E-state index in [2.05, 4.69) is 15.2 Å². The molecule has 3 rings (SSSR count). The highest BCUT2D eigenvalue weighted by molar-refractivity contribution is 5.79. The minimum Gasteiger partial charge on any atom is -0.378 e. The van der Waals surface area contributed by atoms with Crippen LogP contribution in [-0.2, 0) is 20.9 Å². The SMILES string of the molecule is O=C1CCN(Cc2ccncc2)CCCC(C(=O)N2CCOCC2)CCN1. The molecule has 0 saturated carbocycles. The normalized spacial score (nSPS) is 23.3. The minimum atomic E-state index is -0.0238. The van der Waals surface area contributed by atoms with E-state index in [1.807, 2.05) is 17.0 Å². The second-order valence-electron chi connectivity index (χ2n) is 7.30. The fourth-order valence-corrected chi connectivity index (χ4v) is 3.74. The molecule has 1 aromatic heterocycles. The second-order valence-corrected chi connectivity index (χ2v) is 7.30. The third-order valence-corrected chi connectivity index (χ3v) is 5.32. The monoisotopic (exact) mass is 374 g/mol. The molecule has 27 heavy (non-hydrogen) atoms. The van der Waals surface area contributed by atoms with Crippen LogP contribution in [0.2, 0.25) is 0 Å². The van der Waals surface area contributed by atoms with Crippen molar-refractivity contribution in [3.8, 4) is 0 Å². The Morgan fingerprint density at radius 3 is 2.70 bits per heavy atom. The van der Waals surface area contributed by atoms with Crippen LogP contribution in [0.25, 0.3) is 0 Å². The van der Waals surface area contributed by atoms with Crippen molar-refractivity contribution in [3.63, 3.8) is 0 Å². The molecule has 2 aliphatic heterocycles. The van der Waals surface area contributed by atoms with Gasteiger partial charge in [-0.2, -0.15) is 0 Å². The molecule has 1 unspecified atom stereocenters. The molecule has 2 saturated heterocycles. The third kappa shape index (κ3) is 6.29. The van der Waals surface area contributed by atoms with Crippen LogP contribution in [0.5, 0.6) is 0 Å². The van der Waals surface area contributed by atoms with Gasteiger partial charge in [-0.15, -0.1) is 0 Å². The molecule has 7 heteroatoms. The van der Waals surface area contributed by atoms with Crippen molar-refractivity contribution in [2.75, 3.05) is 45.9 Å². The van der Waals surface area contributed by atoms with Crippen LogP contribution < -0.4 is 5.32 Å². The van der Waals surface area contributed by atoms with E-state index >= 15 is 0 Å². The van der Waals surface area contributed by atoms with E-state index in [9.17, 15) is 9.59 Å². The molecule has 2 aliphatic rings. The van der Waals surface area contributed by atoms with Gasteiger partial charge in [0, 0.05) is 57.5 Å². The number of nitrogens with one attached hydrogen (secondary N) is 1. The van der Waals surface area contributed by atoms with Crippen molar-refractivity contribution in [2.24, 2.45) is 5.92 Å². The predicted molar refractivity (Wildman–Crippen MR) is 102 cm³/mol. The van der Waals surface area contributed by atoms with Crippen LogP contribution >= 0.6 is 0 Å². The summed E-state index contributed by atoms with van der Waals surface area (Å²) < 4.78 is 5.36. The molecule has 0 aromatic carbocycles. The summed E-state index contributed by atoms with van der Waals surface area (Å²) in [5.74, 6) is 0.256. The van der Waals surface area contributed by atoms with E-state index in [4.69, 9.17) is 4.74 Å². The molecule has 2 amide bonds. The van der Waals surface area contributed by atoms with Gasteiger partial charge in [0.2, 0.25) is 11.8 Å². The van der Waals surface area contributed by atoms with Crippen molar-refractivity contribution < 1.29 is 14.3 Å². The molecule has 3 heterocycles. The Labute approximate surface area is 161 Å². The molecule has 148 valence electrons. The van der Waals surface area contributed by atoms with E-state index < -0.39 is 0 Å². The summed E-state index contributed by atoms with van der Waals surface area (Å²) in [6.45, 7) is 5.59.